The molecule has 2 N–H and O–H groups in total. The minimum absolute atomic E-state index is 0.000230. The molecule has 0 aromatic heterocycles. The Balaban J connectivity index is 3.02. The molecule has 1 aromatic rings. The Labute approximate surface area is 137 Å². The molecule has 0 heterocycles. The van der Waals surface area contributed by atoms with Crippen molar-refractivity contribution in [1.29, 1.82) is 0 Å². The van der Waals surface area contributed by atoms with Crippen molar-refractivity contribution in [2.75, 3.05) is 13.2 Å². The van der Waals surface area contributed by atoms with Gasteiger partial charge in [0.15, 0.2) is 0 Å². The van der Waals surface area contributed by atoms with E-state index in [4.69, 9.17) is 16.3 Å². The summed E-state index contributed by atoms with van der Waals surface area (Å²) in [5.74, 6) is 0.288. The van der Waals surface area contributed by atoms with E-state index in [-0.39, 0.29) is 17.2 Å². The van der Waals surface area contributed by atoms with E-state index in [9.17, 15) is 13.5 Å². The van der Waals surface area contributed by atoms with Crippen LogP contribution in [-0.2, 0) is 10.0 Å². The first-order chi connectivity index (χ1) is 10.3. The van der Waals surface area contributed by atoms with Gasteiger partial charge >= 0.3 is 0 Å². The Kier molecular flexibility index (Phi) is 7.62. The summed E-state index contributed by atoms with van der Waals surface area (Å²) < 4.78 is 32.7. The number of benzene rings is 1. The molecule has 0 aliphatic heterocycles. The van der Waals surface area contributed by atoms with Gasteiger partial charge in [-0.3, -0.25) is 0 Å². The summed E-state index contributed by atoms with van der Waals surface area (Å²) in [5.41, 5.74) is 0.752. The van der Waals surface area contributed by atoms with Crippen LogP contribution in [0.1, 0.15) is 38.7 Å². The molecule has 0 bridgehead atoms. The summed E-state index contributed by atoms with van der Waals surface area (Å²) >= 11 is 6.04. The van der Waals surface area contributed by atoms with Gasteiger partial charge in [0.25, 0.3) is 0 Å². The van der Waals surface area contributed by atoms with Gasteiger partial charge in [-0.15, -0.1) is 0 Å². The standard InChI is InChI=1S/C15H24ClNO4S/c1-4-5-6-7-21-14-8-11(2)13(16)9-15(14)22(19,20)17-10-12(3)18/h8-9,12,17-18H,4-7,10H2,1-3H3. The summed E-state index contributed by atoms with van der Waals surface area (Å²) in [7, 11) is -3.79. The zero-order valence-corrected chi connectivity index (χ0v) is 14.8. The lowest BCUT2D eigenvalue weighted by molar-refractivity contribution is 0.198. The minimum Gasteiger partial charge on any atom is -0.492 e. The molecule has 0 fully saturated rings. The van der Waals surface area contributed by atoms with E-state index in [1.165, 1.54) is 13.0 Å². The third-order valence-corrected chi connectivity index (χ3v) is 4.94. The van der Waals surface area contributed by atoms with Crippen molar-refractivity contribution in [2.24, 2.45) is 0 Å². The van der Waals surface area contributed by atoms with Gasteiger partial charge in [-0.1, -0.05) is 31.4 Å². The maximum absolute atomic E-state index is 12.3. The molecule has 5 nitrogen and oxygen atoms in total. The molecule has 0 aliphatic carbocycles. The van der Waals surface area contributed by atoms with Crippen molar-refractivity contribution in [2.45, 2.75) is 51.0 Å². The number of nitrogens with one attached hydrogen (secondary N) is 1. The number of aliphatic hydroxyl groups excluding tert-OH is 1. The lowest BCUT2D eigenvalue weighted by atomic mass is 10.2. The second-order valence-corrected chi connectivity index (χ2v) is 7.45. The van der Waals surface area contributed by atoms with Crippen molar-refractivity contribution in [3.05, 3.63) is 22.7 Å². The number of aryl methyl sites for hydroxylation is 1. The fourth-order valence-electron chi connectivity index (χ4n) is 1.80. The molecule has 1 rings (SSSR count). The molecular formula is C15H24ClNO4S. The van der Waals surface area contributed by atoms with E-state index in [1.807, 2.05) is 0 Å². The summed E-state index contributed by atoms with van der Waals surface area (Å²) in [4.78, 5) is 0.000230. The molecule has 1 unspecified atom stereocenters. The van der Waals surface area contributed by atoms with Crippen molar-refractivity contribution in [3.63, 3.8) is 0 Å². The summed E-state index contributed by atoms with van der Waals surface area (Å²) in [6, 6.07) is 3.02. The predicted molar refractivity (Wildman–Crippen MR) is 88.1 cm³/mol. The number of halogens is 1. The van der Waals surface area contributed by atoms with Crippen LogP contribution in [0.5, 0.6) is 5.75 Å². The van der Waals surface area contributed by atoms with Crippen LogP contribution in [0.15, 0.2) is 17.0 Å². The van der Waals surface area contributed by atoms with Gasteiger partial charge in [0.1, 0.15) is 10.6 Å². The number of hydrogen-bond donors (Lipinski definition) is 2. The van der Waals surface area contributed by atoms with Gasteiger partial charge in [-0.05, 0) is 38.0 Å². The average molecular weight is 350 g/mol. The van der Waals surface area contributed by atoms with Crippen LogP contribution in [0, 0.1) is 6.92 Å². The van der Waals surface area contributed by atoms with E-state index in [1.54, 1.807) is 13.0 Å². The zero-order chi connectivity index (χ0) is 16.8. The quantitative estimate of drug-likeness (QED) is 0.672. The molecule has 22 heavy (non-hydrogen) atoms. The van der Waals surface area contributed by atoms with Gasteiger partial charge in [0.2, 0.25) is 10.0 Å². The Morgan fingerprint density at radius 1 is 1.36 bits per heavy atom. The Hall–Kier alpha value is -0.820. The smallest absolute Gasteiger partial charge is 0.244 e. The number of aliphatic hydroxyl groups is 1. The van der Waals surface area contributed by atoms with Gasteiger partial charge in [0, 0.05) is 11.6 Å². The van der Waals surface area contributed by atoms with Crippen LogP contribution in [0.25, 0.3) is 0 Å². The van der Waals surface area contributed by atoms with Crippen LogP contribution in [0.3, 0.4) is 0 Å². The minimum atomic E-state index is -3.79. The highest BCUT2D eigenvalue weighted by atomic mass is 35.5. The van der Waals surface area contributed by atoms with E-state index in [0.29, 0.717) is 11.6 Å². The zero-order valence-electron chi connectivity index (χ0n) is 13.2. The molecule has 0 spiro atoms. The number of rotatable bonds is 9. The number of unbranched alkanes of at least 4 members (excludes halogenated alkanes) is 2. The second-order valence-electron chi connectivity index (χ2n) is 5.30. The highest BCUT2D eigenvalue weighted by Crippen LogP contribution is 2.30. The fraction of sp³-hybridized carbons (Fsp3) is 0.600. The van der Waals surface area contributed by atoms with E-state index < -0.39 is 16.1 Å². The molecule has 0 amide bonds. The normalized spacial score (nSPS) is 13.1. The molecule has 1 aromatic carbocycles. The average Bonchev–Trinajstić information content (AvgIpc) is 2.44. The van der Waals surface area contributed by atoms with Gasteiger partial charge in [0.05, 0.1) is 12.7 Å². The van der Waals surface area contributed by atoms with Gasteiger partial charge in [-0.2, -0.15) is 0 Å². The first-order valence-electron chi connectivity index (χ1n) is 7.38. The van der Waals surface area contributed by atoms with Crippen molar-refractivity contribution in [3.8, 4) is 5.75 Å². The van der Waals surface area contributed by atoms with Gasteiger partial charge in [-0.25, -0.2) is 13.1 Å². The number of hydrogen-bond acceptors (Lipinski definition) is 4. The van der Waals surface area contributed by atoms with Crippen molar-refractivity contribution < 1.29 is 18.3 Å². The third-order valence-electron chi connectivity index (χ3n) is 3.09. The second kappa shape index (κ2) is 8.72. The molecule has 1 atom stereocenters. The lowest BCUT2D eigenvalue weighted by Gasteiger charge is -2.15. The summed E-state index contributed by atoms with van der Waals surface area (Å²) in [6.45, 7) is 5.77. The highest BCUT2D eigenvalue weighted by Gasteiger charge is 2.21. The van der Waals surface area contributed by atoms with Crippen LogP contribution in [0.2, 0.25) is 5.02 Å². The first kappa shape index (κ1) is 19.2. The van der Waals surface area contributed by atoms with E-state index in [0.717, 1.165) is 24.8 Å². The van der Waals surface area contributed by atoms with Crippen LogP contribution in [-0.4, -0.2) is 32.8 Å². The van der Waals surface area contributed by atoms with Crippen LogP contribution < -0.4 is 9.46 Å². The predicted octanol–water partition coefficient (Wildman–Crippen LogP) is 2.88. The first-order valence-corrected chi connectivity index (χ1v) is 9.24. The number of sulfonamides is 1. The lowest BCUT2D eigenvalue weighted by Crippen LogP contribution is -2.31. The maximum atomic E-state index is 12.3. The SMILES string of the molecule is CCCCCOc1cc(C)c(Cl)cc1S(=O)(=O)NCC(C)O. The molecule has 0 saturated carbocycles. The van der Waals surface area contributed by atoms with Gasteiger partial charge < -0.3 is 9.84 Å². The van der Waals surface area contributed by atoms with E-state index in [2.05, 4.69) is 11.6 Å². The highest BCUT2D eigenvalue weighted by molar-refractivity contribution is 7.89. The molecule has 7 heteroatoms. The maximum Gasteiger partial charge on any atom is 0.244 e. The summed E-state index contributed by atoms with van der Waals surface area (Å²) in [5, 5.41) is 9.61. The van der Waals surface area contributed by atoms with Crippen LogP contribution in [0.4, 0.5) is 0 Å². The fourth-order valence-corrected chi connectivity index (χ4v) is 3.30. The molecule has 126 valence electrons. The molecule has 0 saturated heterocycles. The topological polar surface area (TPSA) is 75.6 Å². The van der Waals surface area contributed by atoms with Crippen molar-refractivity contribution >= 4 is 21.6 Å². The monoisotopic (exact) mass is 349 g/mol. The summed E-state index contributed by atoms with van der Waals surface area (Å²) in [6.07, 6.45) is 2.17. The molecule has 0 radical (unpaired) electrons. The number of ether oxygens (including phenoxy) is 1. The van der Waals surface area contributed by atoms with Crippen molar-refractivity contribution in [1.82, 2.24) is 4.72 Å². The van der Waals surface area contributed by atoms with Crippen LogP contribution >= 0.6 is 11.6 Å². The molecule has 0 aliphatic rings. The Morgan fingerprint density at radius 2 is 2.05 bits per heavy atom. The molecular weight excluding hydrogens is 326 g/mol. The Bertz CT molecular complexity index is 587. The largest absolute Gasteiger partial charge is 0.492 e. The third kappa shape index (κ3) is 5.76. The Morgan fingerprint density at radius 3 is 2.64 bits per heavy atom. The van der Waals surface area contributed by atoms with E-state index >= 15 is 0 Å².